The van der Waals surface area contributed by atoms with Crippen molar-refractivity contribution >= 4 is 45.6 Å². The summed E-state index contributed by atoms with van der Waals surface area (Å²) in [4.78, 5) is 52.3. The molecule has 2 fully saturated rings. The van der Waals surface area contributed by atoms with Gasteiger partial charge in [0.1, 0.15) is 35.1 Å². The fourth-order valence-corrected chi connectivity index (χ4v) is 8.40. The number of aliphatic hydroxyl groups is 1. The lowest BCUT2D eigenvalue weighted by Crippen LogP contribution is -2.60. The number of halogens is 3. The highest BCUT2D eigenvalue weighted by Gasteiger charge is 2.55. The number of esters is 3. The number of thioether (sulfide) groups is 1. The number of sulfonamides is 1. The highest BCUT2D eigenvalue weighted by molar-refractivity contribution is 8.01. The number of hydrogen-bond donors (Lipinski definition) is 1. The molecule has 0 spiro atoms. The van der Waals surface area contributed by atoms with Crippen LogP contribution in [0.15, 0.2) is 18.3 Å². The van der Waals surface area contributed by atoms with Gasteiger partial charge in [-0.05, 0) is 31.9 Å². The van der Waals surface area contributed by atoms with E-state index in [0.717, 1.165) is 43.5 Å². The van der Waals surface area contributed by atoms with Gasteiger partial charge >= 0.3 is 17.9 Å². The van der Waals surface area contributed by atoms with Gasteiger partial charge in [-0.2, -0.15) is 0 Å². The van der Waals surface area contributed by atoms with Crippen LogP contribution in [-0.4, -0.2) is 136 Å². The second-order valence-corrected chi connectivity index (χ2v) is 15.6. The van der Waals surface area contributed by atoms with E-state index in [0.29, 0.717) is 12.1 Å². The first-order valence-electron chi connectivity index (χ1n) is 16.0. The Morgan fingerprint density at radius 3 is 2.15 bits per heavy atom. The summed E-state index contributed by atoms with van der Waals surface area (Å²) < 4.78 is 91.6. The molecule has 2 aromatic rings. The molecule has 1 aromatic carbocycles. The smallest absolute Gasteiger partial charge is 0.303 e. The minimum absolute atomic E-state index is 0.104. The zero-order valence-corrected chi connectivity index (χ0v) is 30.8. The van der Waals surface area contributed by atoms with Crippen molar-refractivity contribution in [3.05, 3.63) is 35.8 Å². The largest absolute Gasteiger partial charge is 0.463 e. The number of benzene rings is 1. The van der Waals surface area contributed by atoms with Gasteiger partial charge in [-0.3, -0.25) is 19.2 Å². The summed E-state index contributed by atoms with van der Waals surface area (Å²) in [5.41, 5.74) is -3.59. The molecule has 21 heteroatoms. The molecule has 1 unspecified atom stereocenters. The van der Waals surface area contributed by atoms with Crippen LogP contribution in [0.2, 0.25) is 0 Å². The highest BCUT2D eigenvalue weighted by atomic mass is 32.2. The van der Waals surface area contributed by atoms with Crippen molar-refractivity contribution in [3.63, 3.8) is 0 Å². The molecule has 1 amide bonds. The van der Waals surface area contributed by atoms with Crippen LogP contribution in [0.1, 0.15) is 46.6 Å². The zero-order chi connectivity index (χ0) is 38.7. The Morgan fingerprint density at radius 2 is 1.63 bits per heavy atom. The molecular formula is C31H40F3N5O11S2. The predicted molar refractivity (Wildman–Crippen MR) is 176 cm³/mol. The molecule has 288 valence electrons. The standard InChI is InChI=1S/C31H40F3N5O11S2/c1-7-37(5)29(43)28(31(44)8-10-38(11-9-31)52(6,45)46)51-30-27(49-18(4)42)25(26(48-17(3)41)23(50-30)15-47-16(2)40)39-14-22(35-36-39)19-12-20(32)24(34)21(33)13-19/h12-14,23,25-28,30,44H,7-11,15H2,1-6H3/t23-,25+,26+,27-,28?,30+/m1/s1. The van der Waals surface area contributed by atoms with Crippen molar-refractivity contribution in [1.29, 1.82) is 0 Å². The van der Waals surface area contributed by atoms with Crippen LogP contribution in [0.5, 0.6) is 0 Å². The lowest BCUT2D eigenvalue weighted by molar-refractivity contribution is -0.212. The number of hydrogen-bond acceptors (Lipinski definition) is 14. The van der Waals surface area contributed by atoms with Crippen molar-refractivity contribution in [2.45, 2.75) is 81.2 Å². The van der Waals surface area contributed by atoms with Crippen molar-refractivity contribution in [2.24, 2.45) is 0 Å². The molecule has 0 aliphatic carbocycles. The van der Waals surface area contributed by atoms with E-state index in [1.54, 1.807) is 6.92 Å². The van der Waals surface area contributed by atoms with Gasteiger partial charge in [-0.25, -0.2) is 30.6 Å². The van der Waals surface area contributed by atoms with Gasteiger partial charge in [0.05, 0.1) is 18.1 Å². The Balaban J connectivity index is 1.85. The fraction of sp³-hybridized carbons (Fsp3) is 0.613. The summed E-state index contributed by atoms with van der Waals surface area (Å²) in [7, 11) is -2.12. The maximum atomic E-state index is 14.2. The Morgan fingerprint density at radius 1 is 1.06 bits per heavy atom. The molecule has 2 aliphatic heterocycles. The number of rotatable bonds is 12. The minimum atomic E-state index is -3.61. The zero-order valence-electron chi connectivity index (χ0n) is 29.2. The Labute approximate surface area is 301 Å². The molecule has 0 radical (unpaired) electrons. The average molecular weight is 780 g/mol. The maximum Gasteiger partial charge on any atom is 0.303 e. The summed E-state index contributed by atoms with van der Waals surface area (Å²) in [6.07, 6.45) is -2.38. The molecule has 2 saturated heterocycles. The van der Waals surface area contributed by atoms with Crippen molar-refractivity contribution in [3.8, 4) is 11.3 Å². The van der Waals surface area contributed by atoms with Gasteiger partial charge in [0.25, 0.3) is 0 Å². The van der Waals surface area contributed by atoms with E-state index in [4.69, 9.17) is 18.9 Å². The lowest BCUT2D eigenvalue weighted by atomic mass is 9.88. The normalized spacial score (nSPS) is 24.1. The molecule has 0 saturated carbocycles. The summed E-state index contributed by atoms with van der Waals surface area (Å²) in [5.74, 6) is -7.71. The van der Waals surface area contributed by atoms with Crippen LogP contribution < -0.4 is 0 Å². The Kier molecular flexibility index (Phi) is 13.0. The third-order valence-electron chi connectivity index (χ3n) is 8.66. The van der Waals surface area contributed by atoms with Crippen molar-refractivity contribution in [2.75, 3.05) is 39.5 Å². The van der Waals surface area contributed by atoms with Gasteiger partial charge in [0.2, 0.25) is 15.9 Å². The number of ether oxygens (including phenoxy) is 4. The summed E-state index contributed by atoms with van der Waals surface area (Å²) in [5, 5.41) is 18.7. The van der Waals surface area contributed by atoms with Crippen LogP contribution in [0.25, 0.3) is 11.3 Å². The van der Waals surface area contributed by atoms with Crippen LogP contribution in [-0.2, 0) is 48.1 Å². The number of carbonyl (C=O) groups excluding carboxylic acids is 4. The first kappa shape index (κ1) is 41.0. The molecule has 16 nitrogen and oxygen atoms in total. The molecule has 52 heavy (non-hydrogen) atoms. The lowest BCUT2D eigenvalue weighted by Gasteiger charge is -2.47. The quantitative estimate of drug-likeness (QED) is 0.185. The first-order chi connectivity index (χ1) is 24.2. The fourth-order valence-electron chi connectivity index (χ4n) is 5.92. The third kappa shape index (κ3) is 9.41. The van der Waals surface area contributed by atoms with E-state index < -0.39 is 98.5 Å². The molecule has 3 heterocycles. The highest BCUT2D eigenvalue weighted by Crippen LogP contribution is 2.44. The molecule has 1 N–H and O–H groups in total. The van der Waals surface area contributed by atoms with Gasteiger partial charge in [-0.1, -0.05) is 5.21 Å². The number of nitrogens with zero attached hydrogens (tertiary/aromatic N) is 5. The second-order valence-electron chi connectivity index (χ2n) is 12.5. The van der Waals surface area contributed by atoms with E-state index >= 15 is 0 Å². The number of amides is 1. The van der Waals surface area contributed by atoms with Crippen LogP contribution in [0.4, 0.5) is 13.2 Å². The summed E-state index contributed by atoms with van der Waals surface area (Å²) in [6.45, 7) is 4.46. The predicted octanol–water partition coefficient (Wildman–Crippen LogP) is 1.42. The number of piperidine rings is 1. The van der Waals surface area contributed by atoms with Crippen LogP contribution in [0.3, 0.4) is 0 Å². The van der Waals surface area contributed by atoms with Crippen LogP contribution >= 0.6 is 11.8 Å². The van der Waals surface area contributed by atoms with Crippen LogP contribution in [0, 0.1) is 17.5 Å². The molecule has 0 bridgehead atoms. The van der Waals surface area contributed by atoms with E-state index in [-0.39, 0.29) is 43.7 Å². The average Bonchev–Trinajstić information content (AvgIpc) is 3.54. The number of carbonyl (C=O) groups is 4. The Bertz CT molecular complexity index is 1750. The van der Waals surface area contributed by atoms with Crippen molar-refractivity contribution in [1.82, 2.24) is 24.2 Å². The maximum absolute atomic E-state index is 14.2. The SMILES string of the molecule is CCN(C)C(=O)C(S[C@@H]1O[C@H](COC(C)=O)[C@H](OC(C)=O)[C@H](n2cc(-c3cc(F)c(F)c(F)c3)nn2)[C@H]1OC(C)=O)C1(O)CCN(S(C)(=O)=O)CC1. The van der Waals surface area contributed by atoms with E-state index in [2.05, 4.69) is 10.3 Å². The monoisotopic (exact) mass is 779 g/mol. The second kappa shape index (κ2) is 16.5. The van der Waals surface area contributed by atoms with E-state index in [9.17, 15) is 45.9 Å². The topological polar surface area (TPSA) is 197 Å². The van der Waals surface area contributed by atoms with Gasteiger partial charge in [-0.15, -0.1) is 16.9 Å². The van der Waals surface area contributed by atoms with Gasteiger partial charge in [0, 0.05) is 53.0 Å². The Hall–Kier alpha value is -3.79. The first-order valence-corrected chi connectivity index (χ1v) is 18.8. The third-order valence-corrected chi connectivity index (χ3v) is 11.5. The molecule has 6 atom stereocenters. The van der Waals surface area contributed by atoms with Crippen molar-refractivity contribution < 1.29 is 64.8 Å². The van der Waals surface area contributed by atoms with E-state index in [1.165, 1.54) is 22.4 Å². The molecule has 4 rings (SSSR count). The molecule has 2 aliphatic rings. The molecular weight excluding hydrogens is 739 g/mol. The summed E-state index contributed by atoms with van der Waals surface area (Å²) in [6, 6.07) is -0.0119. The molecule has 1 aromatic heterocycles. The van der Waals surface area contributed by atoms with Gasteiger partial charge in [0.15, 0.2) is 29.7 Å². The van der Waals surface area contributed by atoms with E-state index in [1.807, 2.05) is 0 Å². The van der Waals surface area contributed by atoms with Gasteiger partial charge < -0.3 is 29.0 Å². The number of aromatic nitrogens is 3. The minimum Gasteiger partial charge on any atom is -0.463 e. The summed E-state index contributed by atoms with van der Waals surface area (Å²) >= 11 is 0.756.